The van der Waals surface area contributed by atoms with E-state index in [4.69, 9.17) is 4.74 Å². The highest BCUT2D eigenvalue weighted by Gasteiger charge is 2.47. The van der Waals surface area contributed by atoms with Crippen molar-refractivity contribution in [2.24, 2.45) is 0 Å². The van der Waals surface area contributed by atoms with Gasteiger partial charge in [-0.05, 0) is 44.0 Å². The monoisotopic (exact) mass is 410 g/mol. The van der Waals surface area contributed by atoms with Crippen LogP contribution in [0.3, 0.4) is 0 Å². The quantitative estimate of drug-likeness (QED) is 0.773. The molecule has 0 unspecified atom stereocenters. The lowest BCUT2D eigenvalue weighted by atomic mass is 10.0. The number of benzene rings is 2. The molecule has 1 spiro atoms. The van der Waals surface area contributed by atoms with Crippen molar-refractivity contribution in [1.29, 1.82) is 0 Å². The fourth-order valence-corrected chi connectivity index (χ4v) is 5.48. The van der Waals surface area contributed by atoms with E-state index in [1.165, 1.54) is 0 Å². The molecule has 2 aromatic carbocycles. The van der Waals surface area contributed by atoms with Crippen molar-refractivity contribution < 1.29 is 14.3 Å². The number of likely N-dealkylation sites (tertiary alicyclic amines) is 1. The molecule has 0 radical (unpaired) electrons. The Morgan fingerprint density at radius 1 is 1.00 bits per heavy atom. The third-order valence-corrected chi connectivity index (χ3v) is 7.28. The molecule has 2 aliphatic rings. The summed E-state index contributed by atoms with van der Waals surface area (Å²) in [6.07, 6.45) is 1.60. The zero-order chi connectivity index (χ0) is 20.3. The van der Waals surface area contributed by atoms with Gasteiger partial charge in [0.2, 0.25) is 0 Å². The average Bonchev–Trinajstić information content (AvgIpc) is 3.16. The number of thioether (sulfide) groups is 1. The molecule has 152 valence electrons. The minimum Gasteiger partial charge on any atom is -0.484 e. The van der Waals surface area contributed by atoms with Crippen LogP contribution in [0.2, 0.25) is 0 Å². The minimum atomic E-state index is -0.195. The number of nitrogens with zero attached hydrogens (tertiary/aromatic N) is 2. The highest BCUT2D eigenvalue weighted by molar-refractivity contribution is 8.00. The minimum absolute atomic E-state index is 0.00288. The van der Waals surface area contributed by atoms with Crippen LogP contribution in [0.15, 0.2) is 54.6 Å². The Morgan fingerprint density at radius 2 is 1.69 bits per heavy atom. The van der Waals surface area contributed by atoms with Gasteiger partial charge in [0, 0.05) is 31.0 Å². The molecule has 6 heteroatoms. The molecule has 0 saturated carbocycles. The number of hydrogen-bond acceptors (Lipinski definition) is 4. The molecule has 0 aliphatic carbocycles. The number of carbonyl (C=O) groups excluding carboxylic acids is 2. The smallest absolute Gasteiger partial charge is 0.260 e. The Labute approximate surface area is 176 Å². The average molecular weight is 411 g/mol. The summed E-state index contributed by atoms with van der Waals surface area (Å²) in [5, 5.41) is 0. The summed E-state index contributed by atoms with van der Waals surface area (Å²) >= 11 is 1.86. The second kappa shape index (κ2) is 8.49. The summed E-state index contributed by atoms with van der Waals surface area (Å²) in [4.78, 5) is 29.4. The Balaban J connectivity index is 1.36. The lowest BCUT2D eigenvalue weighted by Crippen LogP contribution is -2.54. The van der Waals surface area contributed by atoms with E-state index in [9.17, 15) is 9.59 Å². The number of hydrogen-bond donors (Lipinski definition) is 0. The van der Waals surface area contributed by atoms with Crippen LogP contribution in [0.4, 0.5) is 0 Å². The predicted octanol–water partition coefficient (Wildman–Crippen LogP) is 3.58. The van der Waals surface area contributed by atoms with Gasteiger partial charge in [0.1, 0.15) is 5.75 Å². The van der Waals surface area contributed by atoms with Gasteiger partial charge in [0.25, 0.3) is 11.8 Å². The van der Waals surface area contributed by atoms with Gasteiger partial charge in [-0.15, -0.1) is 11.8 Å². The molecule has 0 N–H and O–H groups in total. The number of para-hydroxylation sites is 1. The van der Waals surface area contributed by atoms with Gasteiger partial charge in [0.15, 0.2) is 6.61 Å². The summed E-state index contributed by atoms with van der Waals surface area (Å²) in [6, 6.07) is 17.2. The van der Waals surface area contributed by atoms with Gasteiger partial charge in [0.05, 0.1) is 4.87 Å². The van der Waals surface area contributed by atoms with Crippen LogP contribution in [-0.2, 0) is 4.79 Å². The Hall–Kier alpha value is -2.47. The van der Waals surface area contributed by atoms with E-state index in [1.807, 2.05) is 83.1 Å². The summed E-state index contributed by atoms with van der Waals surface area (Å²) in [5.41, 5.74) is 1.89. The lowest BCUT2D eigenvalue weighted by molar-refractivity contribution is -0.135. The maximum atomic E-state index is 13.1. The van der Waals surface area contributed by atoms with Gasteiger partial charge >= 0.3 is 0 Å². The first-order valence-electron chi connectivity index (χ1n) is 10.1. The van der Waals surface area contributed by atoms with Crippen LogP contribution < -0.4 is 4.74 Å². The van der Waals surface area contributed by atoms with Gasteiger partial charge in [-0.2, -0.15) is 0 Å². The predicted molar refractivity (Wildman–Crippen MR) is 115 cm³/mol. The van der Waals surface area contributed by atoms with Crippen LogP contribution in [0.1, 0.15) is 28.8 Å². The molecule has 2 aliphatic heterocycles. The molecule has 2 heterocycles. The van der Waals surface area contributed by atoms with Crippen molar-refractivity contribution >= 4 is 23.6 Å². The lowest BCUT2D eigenvalue weighted by Gasteiger charge is -2.44. The van der Waals surface area contributed by atoms with Crippen LogP contribution >= 0.6 is 11.8 Å². The number of piperidine rings is 1. The van der Waals surface area contributed by atoms with E-state index in [0.29, 0.717) is 18.8 Å². The summed E-state index contributed by atoms with van der Waals surface area (Å²) < 4.78 is 5.60. The third-order valence-electron chi connectivity index (χ3n) is 5.72. The van der Waals surface area contributed by atoms with E-state index < -0.39 is 0 Å². The van der Waals surface area contributed by atoms with Crippen molar-refractivity contribution in [3.05, 3.63) is 65.7 Å². The summed E-state index contributed by atoms with van der Waals surface area (Å²) in [5.74, 6) is 1.75. The maximum Gasteiger partial charge on any atom is 0.260 e. The zero-order valence-corrected chi connectivity index (χ0v) is 17.5. The van der Waals surface area contributed by atoms with Crippen LogP contribution in [0.5, 0.6) is 5.75 Å². The van der Waals surface area contributed by atoms with Crippen molar-refractivity contribution in [2.75, 3.05) is 32.0 Å². The summed E-state index contributed by atoms with van der Waals surface area (Å²) in [6.45, 7) is 4.15. The Morgan fingerprint density at radius 3 is 2.38 bits per heavy atom. The van der Waals surface area contributed by atoms with E-state index in [-0.39, 0.29) is 23.3 Å². The van der Waals surface area contributed by atoms with Crippen molar-refractivity contribution in [2.45, 2.75) is 24.6 Å². The van der Waals surface area contributed by atoms with E-state index in [0.717, 1.165) is 36.3 Å². The standard InChI is InChI=1S/C23H26N2O3S/c1-18-7-9-19(10-8-18)22(27)25-15-16-29-23(25)11-13-24(14-12-23)21(26)17-28-20-5-3-2-4-6-20/h2-10H,11-17H2,1H3. The van der Waals surface area contributed by atoms with Gasteiger partial charge in [-0.1, -0.05) is 35.9 Å². The molecule has 4 rings (SSSR count). The fourth-order valence-electron chi connectivity index (χ4n) is 4.02. The van der Waals surface area contributed by atoms with E-state index >= 15 is 0 Å². The zero-order valence-electron chi connectivity index (χ0n) is 16.7. The highest BCUT2D eigenvalue weighted by atomic mass is 32.2. The third kappa shape index (κ3) is 4.27. The number of carbonyl (C=O) groups is 2. The molecule has 0 aromatic heterocycles. The Kier molecular flexibility index (Phi) is 5.81. The molecule has 2 fully saturated rings. The summed E-state index contributed by atoms with van der Waals surface area (Å²) in [7, 11) is 0. The van der Waals surface area contributed by atoms with Crippen LogP contribution in [0.25, 0.3) is 0 Å². The van der Waals surface area contributed by atoms with Crippen LogP contribution in [0, 0.1) is 6.92 Å². The molecule has 5 nitrogen and oxygen atoms in total. The Bertz CT molecular complexity index is 861. The first-order chi connectivity index (χ1) is 14.1. The molecular formula is C23H26N2O3S. The first-order valence-corrected chi connectivity index (χ1v) is 11.0. The highest BCUT2D eigenvalue weighted by Crippen LogP contribution is 2.44. The molecule has 0 atom stereocenters. The van der Waals surface area contributed by atoms with Gasteiger partial charge in [-0.25, -0.2) is 0 Å². The van der Waals surface area contributed by atoms with Crippen molar-refractivity contribution in [3.8, 4) is 5.75 Å². The SMILES string of the molecule is Cc1ccc(C(=O)N2CCSC23CCN(C(=O)COc2ccccc2)CC3)cc1. The van der Waals surface area contributed by atoms with Crippen molar-refractivity contribution in [3.63, 3.8) is 0 Å². The van der Waals surface area contributed by atoms with E-state index in [1.54, 1.807) is 0 Å². The van der Waals surface area contributed by atoms with Gasteiger partial charge in [-0.3, -0.25) is 9.59 Å². The van der Waals surface area contributed by atoms with Crippen molar-refractivity contribution in [1.82, 2.24) is 9.80 Å². The molecule has 2 saturated heterocycles. The molecule has 2 aromatic rings. The number of ether oxygens (including phenoxy) is 1. The fraction of sp³-hybridized carbons (Fsp3) is 0.391. The second-order valence-corrected chi connectivity index (χ2v) is 9.06. The normalized spacial score (nSPS) is 18.1. The van der Waals surface area contributed by atoms with Gasteiger partial charge < -0.3 is 14.5 Å². The van der Waals surface area contributed by atoms with Crippen LogP contribution in [-0.4, -0.2) is 58.5 Å². The molecular weight excluding hydrogens is 384 g/mol. The molecule has 29 heavy (non-hydrogen) atoms. The second-order valence-electron chi connectivity index (χ2n) is 7.60. The number of aryl methyl sites for hydroxylation is 1. The molecule has 2 amide bonds. The first kappa shape index (κ1) is 19.8. The van der Waals surface area contributed by atoms with E-state index in [2.05, 4.69) is 0 Å². The topological polar surface area (TPSA) is 49.9 Å². The maximum absolute atomic E-state index is 13.1. The largest absolute Gasteiger partial charge is 0.484 e. The number of amides is 2. The molecule has 0 bridgehead atoms. The number of rotatable bonds is 4.